The first kappa shape index (κ1) is 13.6. The minimum atomic E-state index is -0.553. The van der Waals surface area contributed by atoms with E-state index < -0.39 is 6.10 Å². The molecule has 92 valence electrons. The van der Waals surface area contributed by atoms with Gasteiger partial charge >= 0.3 is 0 Å². The molecule has 0 heterocycles. The molecule has 1 rings (SSSR count). The minimum Gasteiger partial charge on any atom is -0.490 e. The highest BCUT2D eigenvalue weighted by Crippen LogP contribution is 2.22. The Kier molecular flexibility index (Phi) is 5.55. The molecule has 0 spiro atoms. The van der Waals surface area contributed by atoms with Crippen LogP contribution in [-0.4, -0.2) is 30.9 Å². The Morgan fingerprint density at radius 1 is 1.41 bits per heavy atom. The first-order valence-electron chi connectivity index (χ1n) is 5.66. The largest absolute Gasteiger partial charge is 0.490 e. The van der Waals surface area contributed by atoms with Gasteiger partial charge in [0, 0.05) is 6.54 Å². The Balaban J connectivity index is 2.42. The lowest BCUT2D eigenvalue weighted by Gasteiger charge is -2.15. The Morgan fingerprint density at radius 2 is 2.06 bits per heavy atom. The summed E-state index contributed by atoms with van der Waals surface area (Å²) in [6.45, 7) is 5.15. The summed E-state index contributed by atoms with van der Waals surface area (Å²) in [4.78, 5) is 0. The molecule has 1 atom stereocenters. The molecule has 0 saturated carbocycles. The second-order valence-corrected chi connectivity index (χ2v) is 4.02. The van der Waals surface area contributed by atoms with E-state index in [2.05, 4.69) is 11.2 Å². The van der Waals surface area contributed by atoms with Crippen molar-refractivity contribution in [1.82, 2.24) is 5.32 Å². The molecule has 0 amide bonds. The first-order chi connectivity index (χ1) is 8.15. The van der Waals surface area contributed by atoms with Gasteiger partial charge in [-0.2, -0.15) is 0 Å². The number of ether oxygens (including phenoxy) is 1. The monoisotopic (exact) mass is 233 g/mol. The Hall–Kier alpha value is -1.50. The van der Waals surface area contributed by atoms with Gasteiger partial charge in [0.1, 0.15) is 18.5 Å². The van der Waals surface area contributed by atoms with Crippen molar-refractivity contribution in [3.8, 4) is 18.1 Å². The molecule has 17 heavy (non-hydrogen) atoms. The molecule has 1 unspecified atom stereocenters. The van der Waals surface area contributed by atoms with Crippen LogP contribution in [0.4, 0.5) is 0 Å². The molecule has 0 radical (unpaired) electrons. The number of rotatable bonds is 6. The maximum atomic E-state index is 9.66. The molecule has 0 bridgehead atoms. The number of hydrogen-bond donors (Lipinski definition) is 2. The van der Waals surface area contributed by atoms with E-state index >= 15 is 0 Å². The third-order valence-electron chi connectivity index (χ3n) is 2.44. The van der Waals surface area contributed by atoms with Crippen LogP contribution in [0.15, 0.2) is 18.2 Å². The summed E-state index contributed by atoms with van der Waals surface area (Å²) in [6, 6.07) is 5.97. The fourth-order valence-corrected chi connectivity index (χ4v) is 1.58. The molecule has 2 N–H and O–H groups in total. The number of benzene rings is 1. The minimum absolute atomic E-state index is 0.267. The smallest absolute Gasteiger partial charge is 0.125 e. The van der Waals surface area contributed by atoms with E-state index in [1.165, 1.54) is 0 Å². The molecular weight excluding hydrogens is 214 g/mol. The Labute approximate surface area is 103 Å². The fourth-order valence-electron chi connectivity index (χ4n) is 1.58. The van der Waals surface area contributed by atoms with Crippen LogP contribution in [0.2, 0.25) is 0 Å². The van der Waals surface area contributed by atoms with E-state index in [9.17, 15) is 5.11 Å². The van der Waals surface area contributed by atoms with Gasteiger partial charge in [0.2, 0.25) is 0 Å². The van der Waals surface area contributed by atoms with E-state index in [4.69, 9.17) is 11.2 Å². The van der Waals surface area contributed by atoms with Crippen molar-refractivity contribution in [2.45, 2.75) is 20.0 Å². The van der Waals surface area contributed by atoms with Crippen LogP contribution in [0, 0.1) is 26.2 Å². The number of nitrogens with one attached hydrogen (secondary N) is 1. The zero-order valence-electron chi connectivity index (χ0n) is 10.4. The van der Waals surface area contributed by atoms with Crippen molar-refractivity contribution in [3.05, 3.63) is 29.3 Å². The average molecular weight is 233 g/mol. The number of aryl methyl sites for hydroxylation is 2. The standard InChI is InChI=1S/C14H19NO2/c1-4-8-15-9-13(16)10-17-14-11(2)6-5-7-12(14)3/h1,5-7,13,15-16H,8-10H2,2-3H3. The molecular formula is C14H19NO2. The molecule has 1 aromatic carbocycles. The summed E-state index contributed by atoms with van der Waals surface area (Å²) < 4.78 is 5.62. The van der Waals surface area contributed by atoms with Gasteiger partial charge in [-0.1, -0.05) is 24.1 Å². The Bertz CT molecular complexity index is 375. The highest BCUT2D eigenvalue weighted by atomic mass is 16.5. The number of hydrogen-bond acceptors (Lipinski definition) is 3. The van der Waals surface area contributed by atoms with Crippen molar-refractivity contribution in [1.29, 1.82) is 0 Å². The van der Waals surface area contributed by atoms with Gasteiger partial charge in [0.05, 0.1) is 6.54 Å². The third kappa shape index (κ3) is 4.48. The normalized spacial score (nSPS) is 11.9. The second-order valence-electron chi connectivity index (χ2n) is 4.02. The molecule has 3 nitrogen and oxygen atoms in total. The highest BCUT2D eigenvalue weighted by molar-refractivity contribution is 5.39. The SMILES string of the molecule is C#CCNCC(O)COc1c(C)cccc1C. The summed E-state index contributed by atoms with van der Waals surface area (Å²) >= 11 is 0. The predicted molar refractivity (Wildman–Crippen MR) is 69.1 cm³/mol. The van der Waals surface area contributed by atoms with Crippen molar-refractivity contribution in [2.24, 2.45) is 0 Å². The maximum absolute atomic E-state index is 9.66. The first-order valence-corrected chi connectivity index (χ1v) is 5.66. The van der Waals surface area contributed by atoms with E-state index in [0.717, 1.165) is 16.9 Å². The molecule has 1 aromatic rings. The fraction of sp³-hybridized carbons (Fsp3) is 0.429. The number of terminal acetylenes is 1. The lowest BCUT2D eigenvalue weighted by Crippen LogP contribution is -2.31. The van der Waals surface area contributed by atoms with Crippen molar-refractivity contribution >= 4 is 0 Å². The molecule has 0 aliphatic carbocycles. The van der Waals surface area contributed by atoms with Crippen molar-refractivity contribution < 1.29 is 9.84 Å². The van der Waals surface area contributed by atoms with Gasteiger partial charge < -0.3 is 15.2 Å². The average Bonchev–Trinajstić information content (AvgIpc) is 2.29. The maximum Gasteiger partial charge on any atom is 0.125 e. The van der Waals surface area contributed by atoms with Gasteiger partial charge in [0.25, 0.3) is 0 Å². The summed E-state index contributed by atoms with van der Waals surface area (Å²) in [5.41, 5.74) is 2.16. The van der Waals surface area contributed by atoms with Crippen molar-refractivity contribution in [3.63, 3.8) is 0 Å². The number of para-hydroxylation sites is 1. The summed E-state index contributed by atoms with van der Waals surface area (Å²) in [5.74, 6) is 3.30. The Morgan fingerprint density at radius 3 is 2.65 bits per heavy atom. The summed E-state index contributed by atoms with van der Waals surface area (Å²) in [5, 5.41) is 12.6. The van der Waals surface area contributed by atoms with Crippen LogP contribution in [-0.2, 0) is 0 Å². The van der Waals surface area contributed by atoms with E-state index in [0.29, 0.717) is 13.1 Å². The quantitative estimate of drug-likeness (QED) is 0.574. The van der Waals surface area contributed by atoms with Crippen LogP contribution in [0.5, 0.6) is 5.75 Å². The van der Waals surface area contributed by atoms with Gasteiger partial charge in [-0.3, -0.25) is 0 Å². The summed E-state index contributed by atoms with van der Waals surface area (Å²) in [6.07, 6.45) is 4.54. The van der Waals surface area contributed by atoms with Gasteiger partial charge in [-0.15, -0.1) is 6.42 Å². The zero-order chi connectivity index (χ0) is 12.7. The van der Waals surface area contributed by atoms with E-state index in [1.54, 1.807) is 0 Å². The van der Waals surface area contributed by atoms with E-state index in [-0.39, 0.29) is 6.61 Å². The van der Waals surface area contributed by atoms with Crippen LogP contribution >= 0.6 is 0 Å². The zero-order valence-corrected chi connectivity index (χ0v) is 10.4. The van der Waals surface area contributed by atoms with Crippen LogP contribution in [0.3, 0.4) is 0 Å². The third-order valence-corrected chi connectivity index (χ3v) is 2.44. The summed E-state index contributed by atoms with van der Waals surface area (Å²) in [7, 11) is 0. The van der Waals surface area contributed by atoms with Gasteiger partial charge in [-0.25, -0.2) is 0 Å². The molecule has 0 aliphatic heterocycles. The predicted octanol–water partition coefficient (Wildman–Crippen LogP) is 1.27. The van der Waals surface area contributed by atoms with E-state index in [1.807, 2.05) is 32.0 Å². The lowest BCUT2D eigenvalue weighted by atomic mass is 10.1. The molecule has 3 heteroatoms. The second kappa shape index (κ2) is 6.95. The topological polar surface area (TPSA) is 41.5 Å². The molecule has 0 fully saturated rings. The molecule has 0 aliphatic rings. The highest BCUT2D eigenvalue weighted by Gasteiger charge is 2.07. The van der Waals surface area contributed by atoms with Gasteiger partial charge in [0.15, 0.2) is 0 Å². The molecule has 0 saturated heterocycles. The van der Waals surface area contributed by atoms with Crippen LogP contribution in [0.1, 0.15) is 11.1 Å². The van der Waals surface area contributed by atoms with Crippen molar-refractivity contribution in [2.75, 3.05) is 19.7 Å². The number of aliphatic hydroxyl groups is 1. The number of aliphatic hydroxyl groups excluding tert-OH is 1. The van der Waals surface area contributed by atoms with Gasteiger partial charge in [-0.05, 0) is 25.0 Å². The van der Waals surface area contributed by atoms with Crippen LogP contribution < -0.4 is 10.1 Å². The lowest BCUT2D eigenvalue weighted by molar-refractivity contribution is 0.107. The molecule has 0 aromatic heterocycles. The van der Waals surface area contributed by atoms with Crippen LogP contribution in [0.25, 0.3) is 0 Å².